The van der Waals surface area contributed by atoms with Crippen LogP contribution >= 0.6 is 15.9 Å². The molecule has 1 aromatic carbocycles. The van der Waals surface area contributed by atoms with Crippen molar-refractivity contribution in [2.75, 3.05) is 24.5 Å². The van der Waals surface area contributed by atoms with Gasteiger partial charge in [0.05, 0.1) is 4.47 Å². The molecule has 104 valence electrons. The third-order valence-corrected chi connectivity index (χ3v) is 4.75. The highest BCUT2D eigenvalue weighted by molar-refractivity contribution is 9.10. The molecule has 0 spiro atoms. The Morgan fingerprint density at radius 1 is 1.37 bits per heavy atom. The minimum Gasteiger partial charge on any atom is -0.371 e. The monoisotopic (exact) mass is 326 g/mol. The van der Waals surface area contributed by atoms with Crippen LogP contribution in [-0.4, -0.2) is 25.7 Å². The van der Waals surface area contributed by atoms with Crippen molar-refractivity contribution < 1.29 is 4.39 Å². The fourth-order valence-corrected chi connectivity index (χ4v) is 3.15. The van der Waals surface area contributed by atoms with Crippen molar-refractivity contribution in [1.82, 2.24) is 5.32 Å². The second kappa shape index (κ2) is 5.41. The summed E-state index contributed by atoms with van der Waals surface area (Å²) in [5.74, 6) is 0.552. The van der Waals surface area contributed by atoms with Gasteiger partial charge in [0.1, 0.15) is 5.82 Å². The normalized spacial score (nSPS) is 23.1. The van der Waals surface area contributed by atoms with Crippen LogP contribution in [0.3, 0.4) is 0 Å². The molecule has 1 aliphatic carbocycles. The zero-order valence-corrected chi connectivity index (χ0v) is 12.8. The van der Waals surface area contributed by atoms with E-state index in [9.17, 15) is 4.39 Å². The smallest absolute Gasteiger partial charge is 0.137 e. The lowest BCUT2D eigenvalue weighted by Gasteiger charge is -2.21. The SMILES string of the molecule is Cc1cc(F)c(Br)cc1N1CCC(CNC2CC2)C1. The van der Waals surface area contributed by atoms with E-state index < -0.39 is 0 Å². The van der Waals surface area contributed by atoms with E-state index in [-0.39, 0.29) is 5.82 Å². The average molecular weight is 327 g/mol. The number of hydrogen-bond donors (Lipinski definition) is 1. The first-order valence-electron chi connectivity index (χ1n) is 7.07. The van der Waals surface area contributed by atoms with Gasteiger partial charge in [0.15, 0.2) is 0 Å². The van der Waals surface area contributed by atoms with Crippen LogP contribution in [0.1, 0.15) is 24.8 Å². The summed E-state index contributed by atoms with van der Waals surface area (Å²) >= 11 is 3.29. The second-order valence-corrected chi connectivity index (χ2v) is 6.69. The van der Waals surface area contributed by atoms with Gasteiger partial charge in [-0.2, -0.15) is 0 Å². The molecule has 19 heavy (non-hydrogen) atoms. The number of rotatable bonds is 4. The van der Waals surface area contributed by atoms with E-state index in [1.807, 2.05) is 13.0 Å². The lowest BCUT2D eigenvalue weighted by atomic mass is 10.1. The molecule has 1 saturated heterocycles. The van der Waals surface area contributed by atoms with Gasteiger partial charge in [0.2, 0.25) is 0 Å². The van der Waals surface area contributed by atoms with Gasteiger partial charge in [0, 0.05) is 24.8 Å². The minimum absolute atomic E-state index is 0.174. The summed E-state index contributed by atoms with van der Waals surface area (Å²) in [6.45, 7) is 5.28. The molecule has 2 fully saturated rings. The number of benzene rings is 1. The van der Waals surface area contributed by atoms with Crippen LogP contribution < -0.4 is 10.2 Å². The first-order valence-corrected chi connectivity index (χ1v) is 7.87. The Bertz CT molecular complexity index is 473. The highest BCUT2D eigenvalue weighted by Crippen LogP contribution is 2.31. The molecular formula is C15H20BrFN2. The summed E-state index contributed by atoms with van der Waals surface area (Å²) in [5, 5.41) is 3.61. The Morgan fingerprint density at radius 2 is 2.16 bits per heavy atom. The van der Waals surface area contributed by atoms with Gasteiger partial charge in [-0.25, -0.2) is 4.39 Å². The average Bonchev–Trinajstić information content (AvgIpc) is 3.09. The Labute approximate surface area is 122 Å². The molecule has 3 rings (SSSR count). The first-order chi connectivity index (χ1) is 9.13. The summed E-state index contributed by atoms with van der Waals surface area (Å²) in [5.41, 5.74) is 2.19. The Balaban J connectivity index is 1.64. The molecule has 0 bridgehead atoms. The minimum atomic E-state index is -0.174. The van der Waals surface area contributed by atoms with Gasteiger partial charge in [-0.05, 0) is 72.3 Å². The molecule has 0 radical (unpaired) electrons. The Kier molecular flexibility index (Phi) is 3.81. The largest absolute Gasteiger partial charge is 0.371 e. The maximum Gasteiger partial charge on any atom is 0.137 e. The van der Waals surface area contributed by atoms with Gasteiger partial charge < -0.3 is 10.2 Å². The maximum absolute atomic E-state index is 13.5. The molecule has 1 unspecified atom stereocenters. The lowest BCUT2D eigenvalue weighted by molar-refractivity contribution is 0.515. The summed E-state index contributed by atoms with van der Waals surface area (Å²) < 4.78 is 14.0. The summed E-state index contributed by atoms with van der Waals surface area (Å²) in [4.78, 5) is 2.39. The molecule has 1 heterocycles. The van der Waals surface area contributed by atoms with Gasteiger partial charge in [-0.3, -0.25) is 0 Å². The highest BCUT2D eigenvalue weighted by atomic mass is 79.9. The van der Waals surface area contributed by atoms with Crippen molar-refractivity contribution >= 4 is 21.6 Å². The van der Waals surface area contributed by atoms with Crippen LogP contribution in [0.25, 0.3) is 0 Å². The van der Waals surface area contributed by atoms with Crippen molar-refractivity contribution in [3.05, 3.63) is 28.0 Å². The van der Waals surface area contributed by atoms with Crippen LogP contribution in [0.2, 0.25) is 0 Å². The Morgan fingerprint density at radius 3 is 2.89 bits per heavy atom. The van der Waals surface area contributed by atoms with Crippen molar-refractivity contribution in [1.29, 1.82) is 0 Å². The van der Waals surface area contributed by atoms with E-state index in [1.54, 1.807) is 6.07 Å². The molecule has 1 aromatic rings. The second-order valence-electron chi connectivity index (χ2n) is 5.84. The van der Waals surface area contributed by atoms with Crippen molar-refractivity contribution in [2.24, 2.45) is 5.92 Å². The first kappa shape index (κ1) is 13.4. The third-order valence-electron chi connectivity index (χ3n) is 4.14. The van der Waals surface area contributed by atoms with E-state index in [1.165, 1.54) is 24.9 Å². The lowest BCUT2D eigenvalue weighted by Crippen LogP contribution is -2.27. The zero-order valence-electron chi connectivity index (χ0n) is 11.3. The van der Waals surface area contributed by atoms with E-state index >= 15 is 0 Å². The number of nitrogens with zero attached hydrogens (tertiary/aromatic N) is 1. The third kappa shape index (κ3) is 3.11. The fraction of sp³-hybridized carbons (Fsp3) is 0.600. The molecule has 1 aliphatic heterocycles. The van der Waals surface area contributed by atoms with Gasteiger partial charge in [-0.1, -0.05) is 0 Å². The van der Waals surface area contributed by atoms with Crippen LogP contribution in [0.5, 0.6) is 0 Å². The standard InChI is InChI=1S/C15H20BrFN2/c1-10-6-14(17)13(16)7-15(10)19-5-4-11(9-19)8-18-12-2-3-12/h6-7,11-12,18H,2-5,8-9H2,1H3. The number of anilines is 1. The molecular weight excluding hydrogens is 307 g/mol. The molecule has 2 aliphatic rings. The van der Waals surface area contributed by atoms with Crippen LogP contribution in [-0.2, 0) is 0 Å². The molecule has 0 aromatic heterocycles. The molecule has 2 nitrogen and oxygen atoms in total. The van der Waals surface area contributed by atoms with Crippen molar-refractivity contribution in [3.63, 3.8) is 0 Å². The molecule has 1 N–H and O–H groups in total. The number of nitrogens with one attached hydrogen (secondary N) is 1. The quantitative estimate of drug-likeness (QED) is 0.911. The van der Waals surface area contributed by atoms with Crippen LogP contribution in [0.4, 0.5) is 10.1 Å². The van der Waals surface area contributed by atoms with Crippen molar-refractivity contribution in [2.45, 2.75) is 32.2 Å². The van der Waals surface area contributed by atoms with E-state index in [0.717, 1.165) is 37.2 Å². The summed E-state index contributed by atoms with van der Waals surface area (Å²) in [6.07, 6.45) is 3.93. The predicted molar refractivity (Wildman–Crippen MR) is 80.2 cm³/mol. The van der Waals surface area contributed by atoms with E-state index in [4.69, 9.17) is 0 Å². The summed E-state index contributed by atoms with van der Waals surface area (Å²) in [6, 6.07) is 4.33. The topological polar surface area (TPSA) is 15.3 Å². The molecule has 0 amide bonds. The molecule has 1 atom stereocenters. The van der Waals surface area contributed by atoms with Crippen molar-refractivity contribution in [3.8, 4) is 0 Å². The van der Waals surface area contributed by atoms with Crippen LogP contribution in [0.15, 0.2) is 16.6 Å². The molecule has 4 heteroatoms. The zero-order chi connectivity index (χ0) is 13.4. The van der Waals surface area contributed by atoms with Gasteiger partial charge >= 0.3 is 0 Å². The fourth-order valence-electron chi connectivity index (χ4n) is 2.82. The van der Waals surface area contributed by atoms with E-state index in [0.29, 0.717) is 4.47 Å². The number of aryl methyl sites for hydroxylation is 1. The highest BCUT2D eigenvalue weighted by Gasteiger charge is 2.27. The predicted octanol–water partition coefficient (Wildman–Crippen LogP) is 3.47. The Hall–Kier alpha value is -0.610. The molecule has 1 saturated carbocycles. The summed E-state index contributed by atoms with van der Waals surface area (Å²) in [7, 11) is 0. The number of halogens is 2. The van der Waals surface area contributed by atoms with Crippen LogP contribution in [0, 0.1) is 18.7 Å². The number of hydrogen-bond acceptors (Lipinski definition) is 2. The van der Waals surface area contributed by atoms with Gasteiger partial charge in [0.25, 0.3) is 0 Å². The maximum atomic E-state index is 13.5. The van der Waals surface area contributed by atoms with Gasteiger partial charge in [-0.15, -0.1) is 0 Å². The van der Waals surface area contributed by atoms with E-state index in [2.05, 4.69) is 26.1 Å².